The van der Waals surface area contributed by atoms with Crippen molar-refractivity contribution in [2.75, 3.05) is 7.11 Å². The van der Waals surface area contributed by atoms with Crippen molar-refractivity contribution in [2.45, 2.75) is 6.43 Å². The Bertz CT molecular complexity index is 357. The zero-order valence-corrected chi connectivity index (χ0v) is 8.72. The van der Waals surface area contributed by atoms with Crippen molar-refractivity contribution in [1.29, 1.82) is 0 Å². The van der Waals surface area contributed by atoms with Crippen LogP contribution in [0.15, 0.2) is 10.5 Å². The third-order valence-corrected chi connectivity index (χ3v) is 2.10. The zero-order chi connectivity index (χ0) is 10.7. The smallest absolute Gasteiger partial charge is 0.280 e. The first-order chi connectivity index (χ1) is 6.60. The van der Waals surface area contributed by atoms with Gasteiger partial charge < -0.3 is 4.74 Å². The summed E-state index contributed by atoms with van der Waals surface area (Å²) in [4.78, 5) is 14.0. The lowest BCUT2D eigenvalue weighted by molar-refractivity contribution is 0.111. The van der Waals surface area contributed by atoms with Gasteiger partial charge in [-0.3, -0.25) is 4.79 Å². The fraction of sp³-hybridized carbons (Fsp3) is 0.250. The highest BCUT2D eigenvalue weighted by atomic mass is 79.9. The van der Waals surface area contributed by atoms with E-state index in [-0.39, 0.29) is 15.9 Å². The minimum atomic E-state index is -2.71. The highest BCUT2D eigenvalue weighted by Gasteiger charge is 2.16. The second kappa shape index (κ2) is 4.45. The van der Waals surface area contributed by atoms with Crippen LogP contribution in [0, 0.1) is 0 Å². The average Bonchev–Trinajstić information content (AvgIpc) is 2.16. The Morgan fingerprint density at radius 3 is 2.71 bits per heavy atom. The Labute approximate surface area is 87.2 Å². The number of alkyl halides is 2. The van der Waals surface area contributed by atoms with Crippen molar-refractivity contribution in [2.24, 2.45) is 0 Å². The molecule has 0 spiro atoms. The number of nitrogens with zero attached hydrogens (tertiary/aromatic N) is 1. The topological polar surface area (TPSA) is 39.2 Å². The predicted molar refractivity (Wildman–Crippen MR) is 48.8 cm³/mol. The molecule has 1 aromatic rings. The maximum Gasteiger partial charge on any atom is 0.280 e. The predicted octanol–water partition coefficient (Wildman–Crippen LogP) is 2.60. The molecule has 0 radical (unpaired) electrons. The molecular formula is C8H6BrF2NO2. The quantitative estimate of drug-likeness (QED) is 0.789. The number of aldehydes is 1. The van der Waals surface area contributed by atoms with E-state index in [0.29, 0.717) is 6.29 Å². The number of ether oxygens (including phenoxy) is 1. The van der Waals surface area contributed by atoms with Crippen molar-refractivity contribution >= 4 is 22.2 Å². The maximum atomic E-state index is 12.3. The van der Waals surface area contributed by atoms with Crippen LogP contribution in [0.3, 0.4) is 0 Å². The van der Waals surface area contributed by atoms with Crippen LogP contribution >= 0.6 is 15.9 Å². The van der Waals surface area contributed by atoms with E-state index in [1.807, 2.05) is 0 Å². The second-order valence-corrected chi connectivity index (χ2v) is 3.22. The van der Waals surface area contributed by atoms with Crippen LogP contribution in [0.25, 0.3) is 0 Å². The van der Waals surface area contributed by atoms with Crippen LogP contribution < -0.4 is 4.74 Å². The first-order valence-corrected chi connectivity index (χ1v) is 4.37. The van der Waals surface area contributed by atoms with Crippen LogP contribution in [0.1, 0.15) is 22.6 Å². The van der Waals surface area contributed by atoms with Crippen molar-refractivity contribution in [3.05, 3.63) is 21.9 Å². The zero-order valence-electron chi connectivity index (χ0n) is 7.13. The molecule has 1 aromatic heterocycles. The summed E-state index contributed by atoms with van der Waals surface area (Å²) in [5, 5.41) is 0. The third kappa shape index (κ3) is 2.06. The van der Waals surface area contributed by atoms with Gasteiger partial charge in [-0.15, -0.1) is 0 Å². The Morgan fingerprint density at radius 1 is 1.64 bits per heavy atom. The maximum absolute atomic E-state index is 12.3. The number of aromatic nitrogens is 1. The van der Waals surface area contributed by atoms with Crippen LogP contribution in [0.2, 0.25) is 0 Å². The summed E-state index contributed by atoms with van der Waals surface area (Å²) in [7, 11) is 1.33. The number of hydrogen-bond donors (Lipinski definition) is 0. The molecule has 1 heterocycles. The van der Waals surface area contributed by atoms with Crippen LogP contribution in [-0.4, -0.2) is 18.4 Å². The van der Waals surface area contributed by atoms with Crippen molar-refractivity contribution in [1.82, 2.24) is 4.98 Å². The molecule has 0 bridgehead atoms. The summed E-state index contributed by atoms with van der Waals surface area (Å²) in [6.07, 6.45) is -2.34. The summed E-state index contributed by atoms with van der Waals surface area (Å²) in [6, 6.07) is 1.12. The average molecular weight is 266 g/mol. The van der Waals surface area contributed by atoms with E-state index in [9.17, 15) is 13.6 Å². The number of rotatable bonds is 3. The monoisotopic (exact) mass is 265 g/mol. The van der Waals surface area contributed by atoms with Gasteiger partial charge in [0.05, 0.1) is 11.6 Å². The standard InChI is InChI=1S/C8H6BrF2NO2/c1-14-7-4(9)2-5(8(10)11)12-6(7)3-13/h2-3,8H,1H3. The molecule has 0 aromatic carbocycles. The van der Waals surface area contributed by atoms with E-state index in [2.05, 4.69) is 20.9 Å². The summed E-state index contributed by atoms with van der Waals surface area (Å²) < 4.78 is 29.6. The molecule has 14 heavy (non-hydrogen) atoms. The van der Waals surface area contributed by atoms with Gasteiger partial charge in [0.2, 0.25) is 0 Å². The highest BCUT2D eigenvalue weighted by Crippen LogP contribution is 2.30. The summed E-state index contributed by atoms with van der Waals surface area (Å²) in [5.41, 5.74) is -0.600. The molecule has 0 saturated heterocycles. The first-order valence-electron chi connectivity index (χ1n) is 3.58. The molecule has 0 aliphatic heterocycles. The fourth-order valence-corrected chi connectivity index (χ4v) is 1.53. The summed E-state index contributed by atoms with van der Waals surface area (Å²) >= 11 is 3.01. The highest BCUT2D eigenvalue weighted by molar-refractivity contribution is 9.10. The van der Waals surface area contributed by atoms with Gasteiger partial charge in [0.1, 0.15) is 11.4 Å². The normalized spacial score (nSPS) is 10.4. The molecular weight excluding hydrogens is 260 g/mol. The van der Waals surface area contributed by atoms with Crippen LogP contribution in [0.5, 0.6) is 5.75 Å². The second-order valence-electron chi connectivity index (χ2n) is 2.37. The van der Waals surface area contributed by atoms with Gasteiger partial charge in [-0.1, -0.05) is 0 Å². The molecule has 0 unspecified atom stereocenters. The Kier molecular flexibility index (Phi) is 3.51. The van der Waals surface area contributed by atoms with Crippen LogP contribution in [-0.2, 0) is 0 Å². The molecule has 0 aliphatic rings. The molecule has 76 valence electrons. The van der Waals surface area contributed by atoms with E-state index in [1.54, 1.807) is 0 Å². The molecule has 3 nitrogen and oxygen atoms in total. The largest absolute Gasteiger partial charge is 0.493 e. The van der Waals surface area contributed by atoms with E-state index in [1.165, 1.54) is 7.11 Å². The van der Waals surface area contributed by atoms with Gasteiger partial charge in [-0.05, 0) is 22.0 Å². The van der Waals surface area contributed by atoms with Gasteiger partial charge in [-0.25, -0.2) is 13.8 Å². The lowest BCUT2D eigenvalue weighted by atomic mass is 10.3. The van der Waals surface area contributed by atoms with Gasteiger partial charge >= 0.3 is 0 Å². The van der Waals surface area contributed by atoms with E-state index in [0.717, 1.165) is 6.07 Å². The molecule has 1 rings (SSSR count). The molecule has 0 amide bonds. The Balaban J connectivity index is 3.31. The molecule has 0 aliphatic carbocycles. The van der Waals surface area contributed by atoms with E-state index >= 15 is 0 Å². The SMILES string of the molecule is COc1c(Br)cc(C(F)F)nc1C=O. The van der Waals surface area contributed by atoms with E-state index in [4.69, 9.17) is 4.74 Å². The third-order valence-electron chi connectivity index (χ3n) is 1.51. The first kappa shape index (κ1) is 11.0. The summed E-state index contributed by atoms with van der Waals surface area (Å²) in [6.45, 7) is 0. The lowest BCUT2D eigenvalue weighted by Crippen LogP contribution is -2.00. The fourth-order valence-electron chi connectivity index (χ4n) is 0.934. The van der Waals surface area contributed by atoms with Crippen molar-refractivity contribution < 1.29 is 18.3 Å². The number of halogens is 3. The van der Waals surface area contributed by atoms with E-state index < -0.39 is 12.1 Å². The number of carbonyl (C=O) groups excluding carboxylic acids is 1. The van der Waals surface area contributed by atoms with Crippen molar-refractivity contribution in [3.8, 4) is 5.75 Å². The molecule has 0 N–H and O–H groups in total. The Hall–Kier alpha value is -1.04. The number of methoxy groups -OCH3 is 1. The molecule has 0 saturated carbocycles. The van der Waals surface area contributed by atoms with Gasteiger partial charge in [-0.2, -0.15) is 0 Å². The molecule has 0 fully saturated rings. The van der Waals surface area contributed by atoms with Gasteiger partial charge in [0.15, 0.2) is 12.0 Å². The molecule has 6 heteroatoms. The molecule has 0 atom stereocenters. The van der Waals surface area contributed by atoms with Gasteiger partial charge in [0, 0.05) is 0 Å². The summed E-state index contributed by atoms with van der Waals surface area (Å²) in [5.74, 6) is 0.157. The van der Waals surface area contributed by atoms with Crippen molar-refractivity contribution in [3.63, 3.8) is 0 Å². The number of pyridine rings is 1. The minimum Gasteiger partial charge on any atom is -0.493 e. The van der Waals surface area contributed by atoms with Crippen LogP contribution in [0.4, 0.5) is 8.78 Å². The number of hydrogen-bond acceptors (Lipinski definition) is 3. The number of carbonyl (C=O) groups is 1. The van der Waals surface area contributed by atoms with Gasteiger partial charge in [0.25, 0.3) is 6.43 Å². The lowest BCUT2D eigenvalue weighted by Gasteiger charge is -2.07. The minimum absolute atomic E-state index is 0.142. The Morgan fingerprint density at radius 2 is 2.29 bits per heavy atom.